The van der Waals surface area contributed by atoms with Crippen LogP contribution in [0.1, 0.15) is 162 Å². The Balaban J connectivity index is 1.12. The summed E-state index contributed by atoms with van der Waals surface area (Å²) >= 11 is 0. The van der Waals surface area contributed by atoms with Crippen molar-refractivity contribution in [1.29, 1.82) is 0 Å². The lowest BCUT2D eigenvalue weighted by molar-refractivity contribution is -0.0961. The zero-order valence-electron chi connectivity index (χ0n) is 44.3. The molecule has 4 aliphatic rings. The molecule has 10 aromatic rings. The lowest BCUT2D eigenvalue weighted by atomic mass is 9.77. The van der Waals surface area contributed by atoms with Crippen LogP contribution >= 0.6 is 0 Å². The molecule has 4 heterocycles. The highest BCUT2D eigenvalue weighted by atomic mass is 16.7. The number of amides is 8. The number of hydroxylamine groups is 8. The van der Waals surface area contributed by atoms with Gasteiger partial charge in [0.2, 0.25) is 0 Å². The Morgan fingerprint density at radius 2 is 0.487 bits per heavy atom. The molecule has 14 rings (SSSR count). The molecule has 0 saturated carbocycles. The fraction of sp³-hybridized carbons (Fsp3) is 0.250. The molecule has 0 atom stereocenters. The summed E-state index contributed by atoms with van der Waals surface area (Å²) in [4.78, 5) is 142. The number of carbonyl (C=O) groups is 8. The van der Waals surface area contributed by atoms with E-state index in [0.717, 1.165) is 33.1 Å². The highest BCUT2D eigenvalue weighted by molar-refractivity contribution is 6.45. The van der Waals surface area contributed by atoms with E-state index < -0.39 is 47.3 Å². The van der Waals surface area contributed by atoms with Gasteiger partial charge < -0.3 is 0 Å². The maximum absolute atomic E-state index is 15.7. The summed E-state index contributed by atoms with van der Waals surface area (Å²) in [7, 11) is 0. The normalized spacial score (nSPS) is 15.4. The average molecular weight is 1070 g/mol. The first-order valence-electron chi connectivity index (χ1n) is 27.5. The number of hydrogen-bond donors (Lipinski definition) is 0. The molecular formula is C64H50N4O12. The largest absolute Gasteiger partial charge is 0.286 e. The SMILES string of the molecule is CCCCON1C(=O)c2ccc3c4ccc5c6c(c(-c7cc8c9ccc%10c%11c(ccc(c%12ccc%13c(c7C(=O)N(OCCCC)C%13=O)c%128)c%119)C(=O)N(OCCCC)C%10=O)cc(c7ccc(c2c37)C1=O)c64)C(=O)N(OCCCC)C5=O. The van der Waals surface area contributed by atoms with E-state index >= 15 is 9.59 Å². The molecule has 398 valence electrons. The molecule has 0 bridgehead atoms. The highest BCUT2D eigenvalue weighted by Gasteiger charge is 2.44. The summed E-state index contributed by atoms with van der Waals surface area (Å²) in [6.45, 7) is 8.33. The minimum atomic E-state index is -0.774. The van der Waals surface area contributed by atoms with E-state index in [2.05, 4.69) is 0 Å². The number of unbranched alkanes of at least 4 members (excludes halogenated alkanes) is 4. The lowest BCUT2D eigenvalue weighted by Crippen LogP contribution is -2.41. The number of fused-ring (bicyclic) bond motifs is 4. The van der Waals surface area contributed by atoms with Crippen molar-refractivity contribution >= 4 is 133 Å². The van der Waals surface area contributed by atoms with E-state index in [9.17, 15) is 28.8 Å². The third-order valence-corrected chi connectivity index (χ3v) is 16.5. The molecular weight excluding hydrogens is 1020 g/mol. The zero-order valence-corrected chi connectivity index (χ0v) is 44.3. The number of benzene rings is 10. The molecule has 80 heavy (non-hydrogen) atoms. The van der Waals surface area contributed by atoms with Crippen LogP contribution in [0.25, 0.3) is 97.3 Å². The fourth-order valence-corrected chi connectivity index (χ4v) is 12.7. The van der Waals surface area contributed by atoms with Gasteiger partial charge in [0.15, 0.2) is 0 Å². The van der Waals surface area contributed by atoms with Gasteiger partial charge in [-0.05, 0) is 150 Å². The Bertz CT molecular complexity index is 4190. The molecule has 16 nitrogen and oxygen atoms in total. The second kappa shape index (κ2) is 18.4. The van der Waals surface area contributed by atoms with Crippen molar-refractivity contribution in [3.05, 3.63) is 129 Å². The van der Waals surface area contributed by atoms with E-state index in [1.807, 2.05) is 64.1 Å². The Morgan fingerprint density at radius 3 is 0.750 bits per heavy atom. The highest BCUT2D eigenvalue weighted by Crippen LogP contribution is 2.53. The van der Waals surface area contributed by atoms with Crippen molar-refractivity contribution in [3.8, 4) is 11.1 Å². The standard InChI is InChI=1S/C64H50N4O12/c1-5-9-25-77-65-57(69)37-19-13-31-33-15-23-41-53-49(33)43(35-17-21-39(59(65)71)51(37)47(31)35)29-45(55(53)63(75)67(61(41)73)79-27-11-7-3)46-30-44-36-18-22-40-52-38(58(70)66(60(40)72)78-26-10-6-2)20-14-32(48(36)52)34-16-24-42-54(50(34)44)56(46)64(76)68(62(42)74)80-28-12-8-4/h13-24,29-30H,5-12,25-28H2,1-4H3. The maximum atomic E-state index is 15.7. The van der Waals surface area contributed by atoms with E-state index in [4.69, 9.17) is 19.4 Å². The van der Waals surface area contributed by atoms with Crippen molar-refractivity contribution in [2.75, 3.05) is 26.4 Å². The summed E-state index contributed by atoms with van der Waals surface area (Å²) in [6, 6.07) is 24.5. The van der Waals surface area contributed by atoms with Crippen LogP contribution in [-0.4, -0.2) is 93.9 Å². The maximum Gasteiger partial charge on any atom is 0.286 e. The van der Waals surface area contributed by atoms with Gasteiger partial charge in [-0.1, -0.05) is 89.8 Å². The zero-order chi connectivity index (χ0) is 55.2. The van der Waals surface area contributed by atoms with Crippen LogP contribution in [0.2, 0.25) is 0 Å². The van der Waals surface area contributed by atoms with Gasteiger partial charge in [0, 0.05) is 21.5 Å². The minimum Gasteiger partial charge on any atom is -0.266 e. The number of rotatable bonds is 17. The van der Waals surface area contributed by atoms with Crippen LogP contribution in [0, 0.1) is 0 Å². The van der Waals surface area contributed by atoms with Gasteiger partial charge >= 0.3 is 0 Å². The quantitative estimate of drug-likeness (QED) is 0.0364. The summed E-state index contributed by atoms with van der Waals surface area (Å²) in [5, 5.41) is 11.9. The summed E-state index contributed by atoms with van der Waals surface area (Å²) in [5.74, 6) is -5.34. The van der Waals surface area contributed by atoms with Crippen molar-refractivity contribution in [2.45, 2.75) is 79.1 Å². The third-order valence-electron chi connectivity index (χ3n) is 16.5. The van der Waals surface area contributed by atoms with Crippen LogP contribution in [0.15, 0.2) is 84.9 Å². The molecule has 0 N–H and O–H groups in total. The molecule has 8 amide bonds. The van der Waals surface area contributed by atoms with Gasteiger partial charge in [-0.3, -0.25) is 57.7 Å². The monoisotopic (exact) mass is 1070 g/mol. The van der Waals surface area contributed by atoms with Crippen LogP contribution < -0.4 is 0 Å². The van der Waals surface area contributed by atoms with E-state index in [1.165, 1.54) is 0 Å². The molecule has 16 heteroatoms. The van der Waals surface area contributed by atoms with E-state index in [1.54, 1.807) is 48.5 Å². The Labute approximate surface area is 455 Å². The molecule has 0 fully saturated rings. The van der Waals surface area contributed by atoms with Gasteiger partial charge in [-0.25, -0.2) is 0 Å². The van der Waals surface area contributed by atoms with Crippen LogP contribution in [0.3, 0.4) is 0 Å². The molecule has 0 aliphatic carbocycles. The first kappa shape index (κ1) is 49.5. The van der Waals surface area contributed by atoms with Crippen molar-refractivity contribution < 1.29 is 57.7 Å². The number of nitrogens with zero attached hydrogens (tertiary/aromatic N) is 4. The third kappa shape index (κ3) is 6.58. The molecule has 0 radical (unpaired) electrons. The van der Waals surface area contributed by atoms with Crippen LogP contribution in [0.5, 0.6) is 0 Å². The van der Waals surface area contributed by atoms with E-state index in [0.29, 0.717) is 125 Å². The molecule has 10 aromatic carbocycles. The van der Waals surface area contributed by atoms with Gasteiger partial charge in [0.05, 0.1) is 70.9 Å². The number of hydrogen-bond acceptors (Lipinski definition) is 12. The van der Waals surface area contributed by atoms with Crippen molar-refractivity contribution in [2.24, 2.45) is 0 Å². The number of imide groups is 4. The van der Waals surface area contributed by atoms with Crippen LogP contribution in [-0.2, 0) is 19.4 Å². The molecule has 0 saturated heterocycles. The van der Waals surface area contributed by atoms with E-state index in [-0.39, 0.29) is 82.1 Å². The smallest absolute Gasteiger partial charge is 0.266 e. The fourth-order valence-electron chi connectivity index (χ4n) is 12.7. The first-order chi connectivity index (χ1) is 38.9. The Kier molecular flexibility index (Phi) is 11.4. The van der Waals surface area contributed by atoms with Gasteiger partial charge in [-0.2, -0.15) is 0 Å². The summed E-state index contributed by atoms with van der Waals surface area (Å²) < 4.78 is 0. The van der Waals surface area contributed by atoms with Gasteiger partial charge in [-0.15, -0.1) is 20.3 Å². The minimum absolute atomic E-state index is 0.0553. The molecule has 0 spiro atoms. The first-order valence-corrected chi connectivity index (χ1v) is 27.5. The predicted molar refractivity (Wildman–Crippen MR) is 300 cm³/mol. The Morgan fingerprint density at radius 1 is 0.263 bits per heavy atom. The molecule has 4 aliphatic heterocycles. The summed E-state index contributed by atoms with van der Waals surface area (Å²) in [5.41, 5.74) is 1.94. The second-order valence-corrected chi connectivity index (χ2v) is 21.0. The lowest BCUT2D eigenvalue weighted by Gasteiger charge is -2.32. The Hall–Kier alpha value is -8.80. The second-order valence-electron chi connectivity index (χ2n) is 21.0. The van der Waals surface area contributed by atoms with Crippen LogP contribution in [0.4, 0.5) is 0 Å². The van der Waals surface area contributed by atoms with Crippen molar-refractivity contribution in [1.82, 2.24) is 20.3 Å². The average Bonchev–Trinajstić information content (AvgIpc) is 3.58. The summed E-state index contributed by atoms with van der Waals surface area (Å²) in [6.07, 6.45) is 5.36. The van der Waals surface area contributed by atoms with Gasteiger partial charge in [0.25, 0.3) is 47.3 Å². The molecule has 0 aromatic heterocycles. The molecule has 0 unspecified atom stereocenters. The van der Waals surface area contributed by atoms with Gasteiger partial charge in [0.1, 0.15) is 0 Å². The van der Waals surface area contributed by atoms with Crippen molar-refractivity contribution in [3.63, 3.8) is 0 Å². The predicted octanol–water partition coefficient (Wildman–Crippen LogP) is 12.8. The topological polar surface area (TPSA) is 186 Å². The number of carbonyl (C=O) groups excluding carboxylic acids is 8.